The lowest BCUT2D eigenvalue weighted by molar-refractivity contribution is -0.138. The molecule has 0 aliphatic carbocycles. The summed E-state index contributed by atoms with van der Waals surface area (Å²) in [6.07, 6.45) is 0.950. The van der Waals surface area contributed by atoms with E-state index in [1.165, 1.54) is 31.5 Å². The molecule has 3 aromatic rings. The quantitative estimate of drug-likeness (QED) is 0.345. The SMILES string of the molecule is COC(=O)CNc1c(C(=O)CCc2ccc(F)cc2F)c(=O)n(O)c2ncccc12. The van der Waals surface area contributed by atoms with E-state index in [0.717, 1.165) is 6.07 Å². The number of ketones is 1. The molecule has 30 heavy (non-hydrogen) atoms. The number of carbonyl (C=O) groups is 2. The first-order chi connectivity index (χ1) is 14.3. The topological polar surface area (TPSA) is 111 Å². The molecule has 0 spiro atoms. The van der Waals surface area contributed by atoms with E-state index >= 15 is 0 Å². The van der Waals surface area contributed by atoms with Gasteiger partial charge in [0.05, 0.1) is 12.8 Å². The zero-order valence-electron chi connectivity index (χ0n) is 15.8. The number of nitrogens with one attached hydrogen (secondary N) is 1. The number of pyridine rings is 2. The number of anilines is 1. The molecule has 0 fully saturated rings. The van der Waals surface area contributed by atoms with Gasteiger partial charge in [-0.2, -0.15) is 0 Å². The Labute approximate surface area is 168 Å². The van der Waals surface area contributed by atoms with Crippen molar-refractivity contribution in [3.8, 4) is 0 Å². The van der Waals surface area contributed by atoms with Crippen LogP contribution in [0, 0.1) is 11.6 Å². The number of esters is 1. The number of fused-ring (bicyclic) bond motifs is 1. The van der Waals surface area contributed by atoms with Crippen molar-refractivity contribution < 1.29 is 28.3 Å². The van der Waals surface area contributed by atoms with Gasteiger partial charge in [-0.15, -0.1) is 4.73 Å². The van der Waals surface area contributed by atoms with Crippen LogP contribution in [-0.4, -0.2) is 40.3 Å². The third-order valence-corrected chi connectivity index (χ3v) is 4.47. The third-order valence-electron chi connectivity index (χ3n) is 4.47. The van der Waals surface area contributed by atoms with Crippen LogP contribution in [0.25, 0.3) is 11.0 Å². The average Bonchev–Trinajstić information content (AvgIpc) is 2.74. The lowest BCUT2D eigenvalue weighted by Gasteiger charge is -2.14. The molecular formula is C20H17F2N3O5. The van der Waals surface area contributed by atoms with Gasteiger partial charge in [-0.1, -0.05) is 6.07 Å². The van der Waals surface area contributed by atoms with Gasteiger partial charge in [0.25, 0.3) is 5.56 Å². The van der Waals surface area contributed by atoms with Gasteiger partial charge in [0.15, 0.2) is 11.4 Å². The average molecular weight is 417 g/mol. The van der Waals surface area contributed by atoms with E-state index in [-0.39, 0.29) is 46.4 Å². The van der Waals surface area contributed by atoms with Crippen LogP contribution in [0.1, 0.15) is 22.3 Å². The number of aryl methyl sites for hydroxylation is 1. The summed E-state index contributed by atoms with van der Waals surface area (Å²) in [6, 6.07) is 6.01. The smallest absolute Gasteiger partial charge is 0.325 e. The van der Waals surface area contributed by atoms with Gasteiger partial charge in [-0.25, -0.2) is 13.8 Å². The fraction of sp³-hybridized carbons (Fsp3) is 0.200. The summed E-state index contributed by atoms with van der Waals surface area (Å²) in [5.41, 5.74) is -1.47. The number of carbonyl (C=O) groups excluding carboxylic acids is 2. The zero-order chi connectivity index (χ0) is 21.8. The van der Waals surface area contributed by atoms with Crippen LogP contribution in [0.3, 0.4) is 0 Å². The van der Waals surface area contributed by atoms with Crippen molar-refractivity contribution in [1.82, 2.24) is 9.71 Å². The highest BCUT2D eigenvalue weighted by Gasteiger charge is 2.23. The fourth-order valence-corrected chi connectivity index (χ4v) is 2.98. The van der Waals surface area contributed by atoms with Gasteiger partial charge in [0.2, 0.25) is 0 Å². The number of nitrogens with zero attached hydrogens (tertiary/aromatic N) is 2. The number of hydrogen-bond acceptors (Lipinski definition) is 7. The van der Waals surface area contributed by atoms with Gasteiger partial charge in [-0.05, 0) is 30.2 Å². The molecule has 3 rings (SSSR count). The van der Waals surface area contributed by atoms with E-state index in [9.17, 15) is 28.4 Å². The lowest BCUT2D eigenvalue weighted by Crippen LogP contribution is -2.29. The number of ether oxygens (including phenoxy) is 1. The van der Waals surface area contributed by atoms with Crippen LogP contribution in [-0.2, 0) is 16.0 Å². The van der Waals surface area contributed by atoms with Crippen molar-refractivity contribution in [3.05, 3.63) is 69.6 Å². The van der Waals surface area contributed by atoms with Crippen LogP contribution in [0.2, 0.25) is 0 Å². The first-order valence-electron chi connectivity index (χ1n) is 8.84. The Hall–Kier alpha value is -3.82. The molecule has 156 valence electrons. The molecular weight excluding hydrogens is 400 g/mol. The number of halogens is 2. The van der Waals surface area contributed by atoms with Crippen LogP contribution in [0.4, 0.5) is 14.5 Å². The minimum absolute atomic E-state index is 0.00313. The van der Waals surface area contributed by atoms with Crippen molar-refractivity contribution in [2.24, 2.45) is 0 Å². The van der Waals surface area contributed by atoms with Gasteiger partial charge in [0.1, 0.15) is 23.7 Å². The molecule has 0 amide bonds. The fourth-order valence-electron chi connectivity index (χ4n) is 2.98. The van der Waals surface area contributed by atoms with E-state index in [4.69, 9.17) is 0 Å². The van der Waals surface area contributed by atoms with Gasteiger partial charge >= 0.3 is 5.97 Å². The van der Waals surface area contributed by atoms with Crippen LogP contribution in [0.5, 0.6) is 0 Å². The first kappa shape index (κ1) is 20.9. The Kier molecular flexibility index (Phi) is 6.05. The van der Waals surface area contributed by atoms with E-state index in [1.807, 2.05) is 0 Å². The van der Waals surface area contributed by atoms with E-state index in [0.29, 0.717) is 6.07 Å². The Bertz CT molecular complexity index is 1190. The van der Waals surface area contributed by atoms with Gasteiger partial charge < -0.3 is 15.3 Å². The Balaban J connectivity index is 2.02. The predicted octanol–water partition coefficient (Wildman–Crippen LogP) is 2.31. The molecule has 0 bridgehead atoms. The molecule has 0 unspecified atom stereocenters. The molecule has 0 saturated heterocycles. The second-order valence-electron chi connectivity index (χ2n) is 6.33. The van der Waals surface area contributed by atoms with Crippen LogP contribution < -0.4 is 10.9 Å². The van der Waals surface area contributed by atoms with E-state index in [2.05, 4.69) is 15.0 Å². The summed E-state index contributed by atoms with van der Waals surface area (Å²) >= 11 is 0. The second kappa shape index (κ2) is 8.68. The van der Waals surface area contributed by atoms with Crippen molar-refractivity contribution in [2.75, 3.05) is 19.0 Å². The maximum atomic E-state index is 13.9. The maximum absolute atomic E-state index is 13.9. The number of rotatable bonds is 7. The highest BCUT2D eigenvalue weighted by Crippen LogP contribution is 2.25. The van der Waals surface area contributed by atoms with E-state index < -0.39 is 34.5 Å². The number of methoxy groups -OCH3 is 1. The van der Waals surface area contributed by atoms with Gasteiger partial charge in [0, 0.05) is 24.1 Å². The molecule has 1 aromatic carbocycles. The molecule has 2 aromatic heterocycles. The molecule has 8 nitrogen and oxygen atoms in total. The maximum Gasteiger partial charge on any atom is 0.325 e. The lowest BCUT2D eigenvalue weighted by atomic mass is 10.0. The second-order valence-corrected chi connectivity index (χ2v) is 6.33. The Morgan fingerprint density at radius 3 is 2.73 bits per heavy atom. The molecule has 2 N–H and O–H groups in total. The minimum atomic E-state index is -1.04. The summed E-state index contributed by atoms with van der Waals surface area (Å²) in [4.78, 5) is 41.0. The number of Topliss-reactive ketones (excluding diaryl/α,β-unsaturated/α-hetero) is 1. The minimum Gasteiger partial charge on any atom is -0.468 e. The monoisotopic (exact) mass is 417 g/mol. The van der Waals surface area contributed by atoms with E-state index in [1.54, 1.807) is 0 Å². The zero-order valence-corrected chi connectivity index (χ0v) is 15.8. The molecule has 0 aliphatic rings. The highest BCUT2D eigenvalue weighted by atomic mass is 19.1. The molecule has 0 saturated carbocycles. The summed E-state index contributed by atoms with van der Waals surface area (Å²) in [6.45, 7) is -0.345. The Morgan fingerprint density at radius 2 is 2.03 bits per heavy atom. The molecule has 2 heterocycles. The largest absolute Gasteiger partial charge is 0.468 e. The van der Waals surface area contributed by atoms with Crippen LogP contribution in [0.15, 0.2) is 41.3 Å². The highest BCUT2D eigenvalue weighted by molar-refractivity contribution is 6.07. The normalized spacial score (nSPS) is 10.8. The first-order valence-corrected chi connectivity index (χ1v) is 8.84. The van der Waals surface area contributed by atoms with Crippen molar-refractivity contribution in [2.45, 2.75) is 12.8 Å². The van der Waals surface area contributed by atoms with Crippen LogP contribution >= 0.6 is 0 Å². The van der Waals surface area contributed by atoms with Gasteiger partial charge in [-0.3, -0.25) is 14.4 Å². The Morgan fingerprint density at radius 1 is 1.27 bits per heavy atom. The number of benzene rings is 1. The predicted molar refractivity (Wildman–Crippen MR) is 103 cm³/mol. The third kappa shape index (κ3) is 4.12. The summed E-state index contributed by atoms with van der Waals surface area (Å²) in [5, 5.41) is 13.1. The van der Waals surface area contributed by atoms with Crippen molar-refractivity contribution in [1.29, 1.82) is 0 Å². The van der Waals surface area contributed by atoms with Crippen molar-refractivity contribution in [3.63, 3.8) is 0 Å². The molecule has 0 atom stereocenters. The standard InChI is InChI=1S/C20H17F2N3O5/c1-30-16(27)10-24-18-13-3-2-8-23-19(13)25(29)20(28)17(18)15(26)7-5-11-4-6-12(21)9-14(11)22/h2-4,6,8-9,24,29H,5,7,10H2,1H3. The molecule has 10 heteroatoms. The number of hydrogen-bond donors (Lipinski definition) is 2. The number of aromatic nitrogens is 2. The molecule has 0 radical (unpaired) electrons. The van der Waals surface area contributed by atoms with Crippen molar-refractivity contribution >= 4 is 28.5 Å². The summed E-state index contributed by atoms with van der Waals surface area (Å²) in [7, 11) is 1.18. The molecule has 0 aliphatic heterocycles. The summed E-state index contributed by atoms with van der Waals surface area (Å²) < 4.78 is 31.7. The summed E-state index contributed by atoms with van der Waals surface area (Å²) in [5.74, 6) is -2.91.